The zero-order chi connectivity index (χ0) is 16.5. The van der Waals surface area contributed by atoms with E-state index in [2.05, 4.69) is 0 Å². The number of ether oxygens (including phenoxy) is 1. The lowest BCUT2D eigenvalue weighted by Crippen LogP contribution is -2.13. The molecule has 2 rings (SSSR count). The summed E-state index contributed by atoms with van der Waals surface area (Å²) in [6, 6.07) is 6.80. The number of carbonyl (C=O) groups excluding carboxylic acids is 1. The summed E-state index contributed by atoms with van der Waals surface area (Å²) in [5, 5.41) is -0.215. The Morgan fingerprint density at radius 2 is 1.82 bits per heavy atom. The summed E-state index contributed by atoms with van der Waals surface area (Å²) in [7, 11) is 0. The number of hydrogen-bond acceptors (Lipinski definition) is 3. The van der Waals surface area contributed by atoms with Gasteiger partial charge in [0.2, 0.25) is 0 Å². The molecular formula is C14H10ClF3N2O2. The number of hydrogen-bond donors (Lipinski definition) is 2. The Morgan fingerprint density at radius 1 is 1.14 bits per heavy atom. The van der Waals surface area contributed by atoms with E-state index in [0.717, 1.165) is 18.2 Å². The normalized spacial score (nSPS) is 11.3. The second-order valence-corrected chi connectivity index (χ2v) is 4.77. The molecule has 0 fully saturated rings. The van der Waals surface area contributed by atoms with E-state index in [9.17, 15) is 18.0 Å². The number of nitrogen functional groups attached to an aromatic ring is 1. The van der Waals surface area contributed by atoms with Crippen LogP contribution in [0.15, 0.2) is 36.4 Å². The molecule has 1 amide bonds. The van der Waals surface area contributed by atoms with Crippen LogP contribution in [0.4, 0.5) is 18.9 Å². The predicted molar refractivity (Wildman–Crippen MR) is 75.9 cm³/mol. The first kappa shape index (κ1) is 16.0. The number of anilines is 1. The summed E-state index contributed by atoms with van der Waals surface area (Å²) in [6.07, 6.45) is -4.50. The first-order chi connectivity index (χ1) is 10.2. The van der Waals surface area contributed by atoms with E-state index in [1.54, 1.807) is 0 Å². The minimum atomic E-state index is -4.50. The van der Waals surface area contributed by atoms with Gasteiger partial charge in [0.15, 0.2) is 0 Å². The molecule has 2 aromatic carbocycles. The van der Waals surface area contributed by atoms with Crippen molar-refractivity contribution < 1.29 is 22.7 Å². The van der Waals surface area contributed by atoms with E-state index in [1.807, 2.05) is 0 Å². The molecule has 0 aliphatic rings. The van der Waals surface area contributed by atoms with Gasteiger partial charge in [-0.3, -0.25) is 4.79 Å². The number of primary amides is 1. The third-order valence-electron chi connectivity index (χ3n) is 2.78. The van der Waals surface area contributed by atoms with E-state index in [0.29, 0.717) is 0 Å². The van der Waals surface area contributed by atoms with E-state index < -0.39 is 17.6 Å². The molecule has 116 valence electrons. The average molecular weight is 331 g/mol. The summed E-state index contributed by atoms with van der Waals surface area (Å²) in [6.45, 7) is 0. The van der Waals surface area contributed by atoms with Crippen LogP contribution in [0, 0.1) is 0 Å². The molecule has 22 heavy (non-hydrogen) atoms. The lowest BCUT2D eigenvalue weighted by Gasteiger charge is -2.12. The van der Waals surface area contributed by atoms with E-state index in [1.165, 1.54) is 18.2 Å². The minimum absolute atomic E-state index is 0.00913. The Kier molecular flexibility index (Phi) is 4.18. The average Bonchev–Trinajstić information content (AvgIpc) is 2.41. The van der Waals surface area contributed by atoms with E-state index in [-0.39, 0.29) is 27.8 Å². The number of alkyl halides is 3. The standard InChI is InChI=1S/C14H10ClF3N2O2/c15-10-5-7(14(16,17)18)1-4-12(10)22-8-2-3-11(19)9(6-8)13(20)21/h1-6H,19H2,(H2,20,21). The van der Waals surface area contributed by atoms with Crippen LogP contribution in [-0.2, 0) is 6.18 Å². The third-order valence-corrected chi connectivity index (χ3v) is 3.07. The molecule has 0 saturated carbocycles. The highest BCUT2D eigenvalue weighted by Crippen LogP contribution is 2.36. The molecule has 0 atom stereocenters. The van der Waals surface area contributed by atoms with Crippen LogP contribution in [0.3, 0.4) is 0 Å². The van der Waals surface area contributed by atoms with Gasteiger partial charge in [-0.1, -0.05) is 11.6 Å². The number of carbonyl (C=O) groups is 1. The van der Waals surface area contributed by atoms with Crippen molar-refractivity contribution in [1.82, 2.24) is 0 Å². The Bertz CT molecular complexity index is 733. The first-order valence-corrected chi connectivity index (χ1v) is 6.30. The zero-order valence-corrected chi connectivity index (χ0v) is 11.7. The van der Waals surface area contributed by atoms with Gasteiger partial charge >= 0.3 is 6.18 Å². The number of nitrogens with two attached hydrogens (primary N) is 2. The smallest absolute Gasteiger partial charge is 0.416 e. The molecule has 0 saturated heterocycles. The van der Waals surface area contributed by atoms with Crippen LogP contribution in [0.2, 0.25) is 5.02 Å². The summed E-state index contributed by atoms with van der Waals surface area (Å²) >= 11 is 5.78. The van der Waals surface area contributed by atoms with Crippen molar-refractivity contribution in [1.29, 1.82) is 0 Å². The van der Waals surface area contributed by atoms with Gasteiger partial charge in [0.25, 0.3) is 5.91 Å². The van der Waals surface area contributed by atoms with Crippen molar-refractivity contribution in [3.8, 4) is 11.5 Å². The third kappa shape index (κ3) is 3.43. The summed E-state index contributed by atoms with van der Waals surface area (Å²) in [5.74, 6) is -0.569. The molecule has 0 unspecified atom stereocenters. The van der Waals surface area contributed by atoms with Gasteiger partial charge in [-0.25, -0.2) is 0 Å². The van der Waals surface area contributed by atoms with Gasteiger partial charge < -0.3 is 16.2 Å². The second-order valence-electron chi connectivity index (χ2n) is 4.36. The molecule has 8 heteroatoms. The van der Waals surface area contributed by atoms with Crippen LogP contribution in [-0.4, -0.2) is 5.91 Å². The Morgan fingerprint density at radius 3 is 2.36 bits per heavy atom. The predicted octanol–water partition coefficient (Wildman–Crippen LogP) is 3.83. The van der Waals surface area contributed by atoms with Crippen molar-refractivity contribution in [2.45, 2.75) is 6.18 Å². The van der Waals surface area contributed by atoms with Gasteiger partial charge in [0.1, 0.15) is 11.5 Å². The number of halogens is 4. The number of amides is 1. The molecular weight excluding hydrogens is 321 g/mol. The molecule has 0 aliphatic carbocycles. The lowest BCUT2D eigenvalue weighted by atomic mass is 10.1. The maximum atomic E-state index is 12.5. The van der Waals surface area contributed by atoms with Gasteiger partial charge in [-0.2, -0.15) is 13.2 Å². The van der Waals surface area contributed by atoms with Crippen LogP contribution in [0.5, 0.6) is 11.5 Å². The molecule has 2 aromatic rings. The Hall–Kier alpha value is -2.41. The molecule has 0 aliphatic heterocycles. The van der Waals surface area contributed by atoms with Gasteiger partial charge in [0, 0.05) is 5.69 Å². The van der Waals surface area contributed by atoms with Crippen LogP contribution < -0.4 is 16.2 Å². The Balaban J connectivity index is 2.32. The highest BCUT2D eigenvalue weighted by Gasteiger charge is 2.31. The summed E-state index contributed by atoms with van der Waals surface area (Å²) in [4.78, 5) is 11.2. The summed E-state index contributed by atoms with van der Waals surface area (Å²) in [5.41, 5.74) is 10.0. The second kappa shape index (κ2) is 5.76. The fourth-order valence-corrected chi connectivity index (χ4v) is 1.92. The van der Waals surface area contributed by atoms with E-state index >= 15 is 0 Å². The largest absolute Gasteiger partial charge is 0.456 e. The minimum Gasteiger partial charge on any atom is -0.456 e. The molecule has 4 nitrogen and oxygen atoms in total. The van der Waals surface area contributed by atoms with Crippen molar-refractivity contribution in [2.24, 2.45) is 5.73 Å². The van der Waals surface area contributed by atoms with E-state index in [4.69, 9.17) is 27.8 Å². The van der Waals surface area contributed by atoms with Gasteiger partial charge in [0.05, 0.1) is 16.1 Å². The maximum Gasteiger partial charge on any atom is 0.416 e. The van der Waals surface area contributed by atoms with Crippen LogP contribution in [0.25, 0.3) is 0 Å². The maximum absolute atomic E-state index is 12.5. The fraction of sp³-hybridized carbons (Fsp3) is 0.0714. The van der Waals surface area contributed by atoms with Crippen molar-refractivity contribution in [2.75, 3.05) is 5.73 Å². The molecule has 0 radical (unpaired) electrons. The highest BCUT2D eigenvalue weighted by atomic mass is 35.5. The van der Waals surface area contributed by atoms with Crippen molar-refractivity contribution in [3.05, 3.63) is 52.5 Å². The van der Waals surface area contributed by atoms with Crippen molar-refractivity contribution in [3.63, 3.8) is 0 Å². The zero-order valence-electron chi connectivity index (χ0n) is 10.9. The summed E-state index contributed by atoms with van der Waals surface area (Å²) < 4.78 is 43.0. The van der Waals surface area contributed by atoms with Gasteiger partial charge in [-0.05, 0) is 36.4 Å². The molecule has 0 bridgehead atoms. The number of rotatable bonds is 3. The highest BCUT2D eigenvalue weighted by molar-refractivity contribution is 6.32. The molecule has 4 N–H and O–H groups in total. The fourth-order valence-electron chi connectivity index (χ4n) is 1.70. The SMILES string of the molecule is NC(=O)c1cc(Oc2ccc(C(F)(F)F)cc2Cl)ccc1N. The topological polar surface area (TPSA) is 78.3 Å². The molecule has 0 heterocycles. The number of benzene rings is 2. The first-order valence-electron chi connectivity index (χ1n) is 5.92. The quantitative estimate of drug-likeness (QED) is 0.839. The monoisotopic (exact) mass is 330 g/mol. The van der Waals surface area contributed by atoms with Crippen LogP contribution in [0.1, 0.15) is 15.9 Å². The molecule has 0 spiro atoms. The van der Waals surface area contributed by atoms with Crippen molar-refractivity contribution >= 4 is 23.2 Å². The molecule has 0 aromatic heterocycles. The lowest BCUT2D eigenvalue weighted by molar-refractivity contribution is -0.137. The Labute approximate surface area is 128 Å². The van der Waals surface area contributed by atoms with Crippen LogP contribution >= 0.6 is 11.6 Å². The van der Waals surface area contributed by atoms with Gasteiger partial charge in [-0.15, -0.1) is 0 Å².